The molecule has 33 heavy (non-hydrogen) atoms. The molecule has 0 radical (unpaired) electrons. The van der Waals surface area contributed by atoms with Crippen LogP contribution in [0.5, 0.6) is 0 Å². The lowest BCUT2D eigenvalue weighted by molar-refractivity contribution is 0.0951. The second kappa shape index (κ2) is 9.11. The molecule has 0 bridgehead atoms. The van der Waals surface area contributed by atoms with Crippen molar-refractivity contribution < 1.29 is 13.2 Å². The van der Waals surface area contributed by atoms with Crippen LogP contribution in [0.3, 0.4) is 0 Å². The first-order chi connectivity index (χ1) is 15.7. The van der Waals surface area contributed by atoms with Crippen LogP contribution < -0.4 is 16.2 Å². The van der Waals surface area contributed by atoms with E-state index in [2.05, 4.69) is 10.3 Å². The van der Waals surface area contributed by atoms with Gasteiger partial charge in [-0.25, -0.2) is 13.6 Å². The number of halogens is 1. The van der Waals surface area contributed by atoms with Gasteiger partial charge in [0, 0.05) is 22.5 Å². The van der Waals surface area contributed by atoms with Crippen LogP contribution in [0.1, 0.15) is 16.1 Å². The highest BCUT2D eigenvalue weighted by Crippen LogP contribution is 2.35. The second-order valence-electron chi connectivity index (χ2n) is 7.44. The maximum atomic E-state index is 13.0. The van der Waals surface area contributed by atoms with E-state index in [1.807, 2.05) is 30.3 Å². The molecule has 3 aromatic carbocycles. The number of primary sulfonamides is 1. The fourth-order valence-corrected chi connectivity index (χ4v) is 4.10. The van der Waals surface area contributed by atoms with Crippen molar-refractivity contribution in [3.05, 3.63) is 95.3 Å². The molecular weight excluding hydrogens is 460 g/mol. The van der Waals surface area contributed by atoms with E-state index in [4.69, 9.17) is 22.5 Å². The molecule has 0 aliphatic carbocycles. The Balaban J connectivity index is 1.79. The van der Waals surface area contributed by atoms with Gasteiger partial charge in [0.15, 0.2) is 0 Å². The molecule has 0 spiro atoms. The molecule has 1 heterocycles. The molecule has 6 N–H and O–H groups in total. The number of aromatic nitrogens is 1. The summed E-state index contributed by atoms with van der Waals surface area (Å²) >= 11 is 6.03. The summed E-state index contributed by atoms with van der Waals surface area (Å²) in [6, 6.07) is 20.6. The number of sulfonamides is 1. The van der Waals surface area contributed by atoms with E-state index in [-0.39, 0.29) is 16.5 Å². The lowest BCUT2D eigenvalue weighted by atomic mass is 9.93. The number of nitrogens with one attached hydrogen (secondary N) is 2. The molecule has 4 aromatic rings. The van der Waals surface area contributed by atoms with Gasteiger partial charge in [0.05, 0.1) is 22.7 Å². The van der Waals surface area contributed by atoms with E-state index < -0.39 is 10.0 Å². The van der Waals surface area contributed by atoms with Crippen molar-refractivity contribution in [2.24, 2.45) is 5.14 Å². The topological polar surface area (TPSA) is 131 Å². The van der Waals surface area contributed by atoms with Crippen molar-refractivity contribution in [2.45, 2.75) is 11.4 Å². The van der Waals surface area contributed by atoms with Crippen LogP contribution in [0, 0.1) is 0 Å². The highest BCUT2D eigenvalue weighted by Gasteiger charge is 2.18. The minimum atomic E-state index is -3.83. The molecule has 7 nitrogen and oxygen atoms in total. The number of H-pyrrole nitrogens is 1. The largest absolute Gasteiger partial charge is 0.398 e. The molecule has 0 saturated carbocycles. The smallest absolute Gasteiger partial charge is 0.253 e. The predicted molar refractivity (Wildman–Crippen MR) is 130 cm³/mol. The highest BCUT2D eigenvalue weighted by molar-refractivity contribution is 7.89. The molecule has 1 aromatic heterocycles. The van der Waals surface area contributed by atoms with Gasteiger partial charge in [-0.1, -0.05) is 35.9 Å². The first kappa shape index (κ1) is 22.6. The Morgan fingerprint density at radius 3 is 2.21 bits per heavy atom. The van der Waals surface area contributed by atoms with Crippen molar-refractivity contribution in [3.63, 3.8) is 0 Å². The van der Waals surface area contributed by atoms with E-state index >= 15 is 0 Å². The number of nitrogens with two attached hydrogens (primary N) is 2. The van der Waals surface area contributed by atoms with E-state index in [1.54, 1.807) is 36.5 Å². The van der Waals surface area contributed by atoms with Crippen molar-refractivity contribution in [1.82, 2.24) is 10.3 Å². The molecule has 4 rings (SSSR count). The fraction of sp³-hybridized carbons (Fsp3) is 0.0417. The third kappa shape index (κ3) is 5.09. The van der Waals surface area contributed by atoms with Crippen LogP contribution in [0.4, 0.5) is 5.69 Å². The Bertz CT molecular complexity index is 1400. The first-order valence-electron chi connectivity index (χ1n) is 9.95. The maximum absolute atomic E-state index is 13.0. The van der Waals surface area contributed by atoms with Gasteiger partial charge in [-0.15, -0.1) is 0 Å². The number of nitrogen functional groups attached to an aromatic ring is 1. The Labute approximate surface area is 196 Å². The van der Waals surface area contributed by atoms with Crippen molar-refractivity contribution >= 4 is 33.2 Å². The molecule has 0 saturated heterocycles. The summed E-state index contributed by atoms with van der Waals surface area (Å²) in [5.41, 5.74) is 10.7. The molecule has 0 aliphatic rings. The predicted octanol–water partition coefficient (Wildman–Crippen LogP) is 4.16. The molecule has 1 amide bonds. The number of hydrogen-bond donors (Lipinski definition) is 4. The molecule has 9 heteroatoms. The second-order valence-corrected chi connectivity index (χ2v) is 9.44. The van der Waals surface area contributed by atoms with E-state index in [0.29, 0.717) is 28.3 Å². The van der Waals surface area contributed by atoms with Crippen molar-refractivity contribution in [3.8, 4) is 22.3 Å². The summed E-state index contributed by atoms with van der Waals surface area (Å²) in [5, 5.41) is 8.67. The SMILES string of the molecule is Nc1c(C(=O)NCc2ccc[nH]2)cc(-c2ccc(Cl)cc2)cc1-c1ccc(S(N)(=O)=O)cc1. The van der Waals surface area contributed by atoms with E-state index in [0.717, 1.165) is 16.8 Å². The lowest BCUT2D eigenvalue weighted by Gasteiger charge is -2.15. The van der Waals surface area contributed by atoms with Crippen LogP contribution in [0.15, 0.2) is 83.9 Å². The highest BCUT2D eigenvalue weighted by atomic mass is 35.5. The van der Waals surface area contributed by atoms with Crippen LogP contribution in [0.2, 0.25) is 5.02 Å². The third-order valence-corrected chi connectivity index (χ3v) is 6.38. The van der Waals surface area contributed by atoms with Gasteiger partial charge >= 0.3 is 0 Å². The van der Waals surface area contributed by atoms with Gasteiger partial charge in [-0.2, -0.15) is 0 Å². The Morgan fingerprint density at radius 2 is 1.61 bits per heavy atom. The third-order valence-electron chi connectivity index (χ3n) is 5.20. The molecule has 0 unspecified atom stereocenters. The molecule has 0 fully saturated rings. The van der Waals surface area contributed by atoms with Gasteiger partial charge in [0.25, 0.3) is 5.91 Å². The number of carbonyl (C=O) groups excluding carboxylic acids is 1. The summed E-state index contributed by atoms with van der Waals surface area (Å²) in [6.07, 6.45) is 1.78. The number of benzene rings is 3. The Morgan fingerprint density at radius 1 is 0.939 bits per heavy atom. The molecule has 0 aliphatic heterocycles. The molecule has 0 atom stereocenters. The normalized spacial score (nSPS) is 11.3. The van der Waals surface area contributed by atoms with Gasteiger partial charge < -0.3 is 16.0 Å². The minimum Gasteiger partial charge on any atom is -0.398 e. The van der Waals surface area contributed by atoms with Crippen LogP contribution in [-0.4, -0.2) is 19.3 Å². The summed E-state index contributed by atoms with van der Waals surface area (Å²) in [6.45, 7) is 0.314. The maximum Gasteiger partial charge on any atom is 0.253 e. The number of hydrogen-bond acceptors (Lipinski definition) is 4. The van der Waals surface area contributed by atoms with Gasteiger partial charge in [0.1, 0.15) is 0 Å². The number of amides is 1. The summed E-state index contributed by atoms with van der Waals surface area (Å²) in [4.78, 5) is 16.1. The summed E-state index contributed by atoms with van der Waals surface area (Å²) in [5.74, 6) is -0.333. The number of carbonyl (C=O) groups is 1. The quantitative estimate of drug-likeness (QED) is 0.308. The lowest BCUT2D eigenvalue weighted by Crippen LogP contribution is -2.24. The number of rotatable bonds is 6. The van der Waals surface area contributed by atoms with E-state index in [9.17, 15) is 13.2 Å². The zero-order valence-electron chi connectivity index (χ0n) is 17.4. The molecular formula is C24H21ClN4O3S. The van der Waals surface area contributed by atoms with E-state index in [1.165, 1.54) is 12.1 Å². The monoisotopic (exact) mass is 480 g/mol. The average Bonchev–Trinajstić information content (AvgIpc) is 3.31. The zero-order chi connectivity index (χ0) is 23.6. The van der Waals surface area contributed by atoms with Crippen LogP contribution in [-0.2, 0) is 16.6 Å². The number of aromatic amines is 1. The zero-order valence-corrected chi connectivity index (χ0v) is 19.0. The van der Waals surface area contributed by atoms with Crippen molar-refractivity contribution in [1.29, 1.82) is 0 Å². The average molecular weight is 481 g/mol. The summed E-state index contributed by atoms with van der Waals surface area (Å²) < 4.78 is 23.2. The van der Waals surface area contributed by atoms with Crippen LogP contribution >= 0.6 is 11.6 Å². The summed E-state index contributed by atoms with van der Waals surface area (Å²) in [7, 11) is -3.83. The van der Waals surface area contributed by atoms with Gasteiger partial charge in [0.2, 0.25) is 10.0 Å². The minimum absolute atomic E-state index is 0.0115. The van der Waals surface area contributed by atoms with Gasteiger partial charge in [-0.05, 0) is 65.2 Å². The van der Waals surface area contributed by atoms with Crippen LogP contribution in [0.25, 0.3) is 22.3 Å². The molecule has 168 valence electrons. The van der Waals surface area contributed by atoms with Gasteiger partial charge in [-0.3, -0.25) is 4.79 Å². The Hall–Kier alpha value is -3.59. The van der Waals surface area contributed by atoms with Crippen molar-refractivity contribution in [2.75, 3.05) is 5.73 Å². The fourth-order valence-electron chi connectivity index (χ4n) is 3.46. The standard InChI is InChI=1S/C24H21ClN4O3S/c25-18-7-3-15(4-8-18)17-12-21(16-5-9-20(10-6-16)33(27,31)32)23(26)22(13-17)24(30)29-14-19-2-1-11-28-19/h1-13,28H,14,26H2,(H,29,30)(H2,27,31,32). The Kier molecular flexibility index (Phi) is 6.24. The first-order valence-corrected chi connectivity index (χ1v) is 11.9. The number of anilines is 1.